The van der Waals surface area contributed by atoms with Crippen LogP contribution in [0.1, 0.15) is 10.6 Å². The molecule has 6 heteroatoms. The molecule has 4 nitrogen and oxygen atoms in total. The number of hydrogen-bond acceptors (Lipinski definition) is 5. The molecule has 0 fully saturated rings. The normalized spacial score (nSPS) is 11.8. The fourth-order valence-electron chi connectivity index (χ4n) is 2.11. The van der Waals surface area contributed by atoms with Gasteiger partial charge < -0.3 is 5.11 Å². The number of fused-ring (bicyclic) bond motifs is 1. The summed E-state index contributed by atoms with van der Waals surface area (Å²) in [4.78, 5) is 16.1. The summed E-state index contributed by atoms with van der Waals surface area (Å²) in [5.74, 6) is -0.210. The van der Waals surface area contributed by atoms with E-state index in [-0.39, 0.29) is 16.3 Å². The van der Waals surface area contributed by atoms with Crippen LogP contribution in [-0.4, -0.2) is 10.1 Å². The van der Waals surface area contributed by atoms with Gasteiger partial charge in [0.05, 0.1) is 5.39 Å². The fraction of sp³-hybridized carbons (Fsp3) is 0. The Morgan fingerprint density at radius 3 is 2.61 bits per heavy atom. The van der Waals surface area contributed by atoms with Gasteiger partial charge in [0.2, 0.25) is 0 Å². The van der Waals surface area contributed by atoms with Crippen molar-refractivity contribution >= 4 is 48.7 Å². The molecule has 0 bridgehead atoms. The van der Waals surface area contributed by atoms with E-state index in [4.69, 9.17) is 0 Å². The molecule has 0 unspecified atom stereocenters. The van der Waals surface area contributed by atoms with Gasteiger partial charge in [-0.05, 0) is 18.2 Å². The van der Waals surface area contributed by atoms with E-state index >= 15 is 0 Å². The van der Waals surface area contributed by atoms with Crippen molar-refractivity contribution in [1.82, 2.24) is 4.98 Å². The zero-order valence-electron chi connectivity index (χ0n) is 11.7. The Kier molecular flexibility index (Phi) is 4.24. The summed E-state index contributed by atoms with van der Waals surface area (Å²) in [6.45, 7) is 0. The van der Waals surface area contributed by atoms with E-state index in [0.717, 1.165) is 4.70 Å². The molecular weight excluding hydrogens is 376 g/mol. The molecule has 2 aromatic carbocycles. The van der Waals surface area contributed by atoms with Gasteiger partial charge in [-0.25, -0.2) is 0 Å². The Bertz CT molecular complexity index is 1030. The lowest BCUT2D eigenvalue weighted by Crippen LogP contribution is -2.07. The quantitative estimate of drug-likeness (QED) is 0.525. The number of benzene rings is 2. The molecule has 3 aromatic rings. The third kappa shape index (κ3) is 2.89. The lowest BCUT2D eigenvalue weighted by molar-refractivity contribution is 0.513. The Balaban J connectivity index is 2.27. The Morgan fingerprint density at radius 1 is 1.17 bits per heavy atom. The minimum Gasteiger partial charge on any atom is -0.506 e. The van der Waals surface area contributed by atoms with Gasteiger partial charge in [0, 0.05) is 14.7 Å². The average Bonchev–Trinajstić information content (AvgIpc) is 2.56. The van der Waals surface area contributed by atoms with Gasteiger partial charge in [-0.1, -0.05) is 46.3 Å². The summed E-state index contributed by atoms with van der Waals surface area (Å²) in [6, 6.07) is 16.0. The number of halogens is 1. The van der Waals surface area contributed by atoms with Gasteiger partial charge in [0.1, 0.15) is 22.4 Å². The molecule has 0 amide bonds. The van der Waals surface area contributed by atoms with Crippen molar-refractivity contribution in [3.05, 3.63) is 73.9 Å². The highest BCUT2D eigenvalue weighted by atomic mass is 79.9. The summed E-state index contributed by atoms with van der Waals surface area (Å²) in [6.07, 6.45) is 0. The number of aliphatic hydroxyl groups excluding tert-OH is 1. The van der Waals surface area contributed by atoms with Crippen LogP contribution in [0.25, 0.3) is 21.4 Å². The number of nitriles is 1. The predicted octanol–water partition coefficient (Wildman–Crippen LogP) is 4.37. The standard InChI is InChI=1S/C17H9BrN2O2S/c18-13-7-3-1-5-10(13)15(21)12(9-19)17-20-16(22)11-6-2-4-8-14(11)23-17/h1-8,21H. The Morgan fingerprint density at radius 2 is 1.87 bits per heavy atom. The lowest BCUT2D eigenvalue weighted by atomic mass is 10.1. The van der Waals surface area contributed by atoms with Crippen molar-refractivity contribution in [2.75, 3.05) is 0 Å². The summed E-state index contributed by atoms with van der Waals surface area (Å²) in [7, 11) is 0. The lowest BCUT2D eigenvalue weighted by Gasteiger charge is -2.06. The van der Waals surface area contributed by atoms with Gasteiger partial charge in [-0.15, -0.1) is 11.3 Å². The van der Waals surface area contributed by atoms with E-state index < -0.39 is 5.56 Å². The molecular formula is C17H9BrN2O2S. The largest absolute Gasteiger partial charge is 0.506 e. The number of hydrogen-bond donors (Lipinski definition) is 1. The molecule has 0 radical (unpaired) electrons. The highest BCUT2D eigenvalue weighted by Crippen LogP contribution is 2.30. The van der Waals surface area contributed by atoms with Crippen LogP contribution in [0.15, 0.2) is 57.8 Å². The second kappa shape index (κ2) is 6.32. The molecule has 3 rings (SSSR count). The topological polar surface area (TPSA) is 74.0 Å². The Labute approximate surface area is 144 Å². The molecule has 0 saturated carbocycles. The highest BCUT2D eigenvalue weighted by molar-refractivity contribution is 9.10. The molecule has 1 aromatic heterocycles. The first-order chi connectivity index (χ1) is 11.1. The predicted molar refractivity (Wildman–Crippen MR) is 95.1 cm³/mol. The first kappa shape index (κ1) is 15.4. The van der Waals surface area contributed by atoms with Gasteiger partial charge in [-0.2, -0.15) is 10.2 Å². The van der Waals surface area contributed by atoms with Crippen LogP contribution in [-0.2, 0) is 0 Å². The number of aliphatic hydroxyl groups is 1. The van der Waals surface area contributed by atoms with Crippen molar-refractivity contribution in [2.45, 2.75) is 0 Å². The molecule has 112 valence electrons. The zero-order valence-corrected chi connectivity index (χ0v) is 14.1. The number of rotatable bonds is 2. The Hall–Kier alpha value is -2.49. The van der Waals surface area contributed by atoms with Crippen molar-refractivity contribution in [3.63, 3.8) is 0 Å². The van der Waals surface area contributed by atoms with E-state index in [0.29, 0.717) is 15.4 Å². The molecule has 1 heterocycles. The van der Waals surface area contributed by atoms with Gasteiger partial charge in [0.25, 0.3) is 5.56 Å². The van der Waals surface area contributed by atoms with Crippen molar-refractivity contribution in [1.29, 1.82) is 5.26 Å². The first-order valence-corrected chi connectivity index (χ1v) is 8.21. The van der Waals surface area contributed by atoms with Crippen LogP contribution in [0.5, 0.6) is 0 Å². The molecule has 1 N–H and O–H groups in total. The molecule has 0 saturated heterocycles. The van der Waals surface area contributed by atoms with E-state index in [1.807, 2.05) is 12.1 Å². The van der Waals surface area contributed by atoms with E-state index in [2.05, 4.69) is 20.9 Å². The zero-order chi connectivity index (χ0) is 16.4. The van der Waals surface area contributed by atoms with Crippen molar-refractivity contribution in [3.8, 4) is 6.07 Å². The maximum Gasteiger partial charge on any atom is 0.279 e. The van der Waals surface area contributed by atoms with Gasteiger partial charge in [-0.3, -0.25) is 4.79 Å². The van der Waals surface area contributed by atoms with E-state index in [9.17, 15) is 15.2 Å². The minimum absolute atomic E-state index is 0.0234. The third-order valence-corrected chi connectivity index (χ3v) is 4.97. The maximum atomic E-state index is 12.1. The van der Waals surface area contributed by atoms with Crippen LogP contribution in [0.4, 0.5) is 0 Å². The number of nitrogens with zero attached hydrogens (tertiary/aromatic N) is 2. The molecule has 0 spiro atoms. The average molecular weight is 385 g/mol. The molecule has 0 aliphatic heterocycles. The van der Waals surface area contributed by atoms with Crippen LogP contribution >= 0.6 is 27.3 Å². The fourth-order valence-corrected chi connectivity index (χ4v) is 3.57. The summed E-state index contributed by atoms with van der Waals surface area (Å²) in [5, 5.41) is 20.6. The highest BCUT2D eigenvalue weighted by Gasteiger charge is 2.16. The number of allylic oxidation sites excluding steroid dienone is 1. The molecule has 23 heavy (non-hydrogen) atoms. The minimum atomic E-state index is -0.415. The van der Waals surface area contributed by atoms with Crippen molar-refractivity contribution in [2.24, 2.45) is 0 Å². The monoisotopic (exact) mass is 384 g/mol. The molecule has 0 aliphatic rings. The van der Waals surface area contributed by atoms with Crippen LogP contribution in [0.2, 0.25) is 0 Å². The second-order valence-corrected chi connectivity index (χ2v) is 6.52. The van der Waals surface area contributed by atoms with Crippen LogP contribution in [0.3, 0.4) is 0 Å². The van der Waals surface area contributed by atoms with Gasteiger partial charge >= 0.3 is 0 Å². The SMILES string of the molecule is N#CC(=C(O)c1ccccc1Br)c1nc(=O)c2ccccc2s1. The second-order valence-electron chi connectivity index (χ2n) is 4.64. The first-order valence-electron chi connectivity index (χ1n) is 6.60. The van der Waals surface area contributed by atoms with E-state index in [1.165, 1.54) is 11.3 Å². The van der Waals surface area contributed by atoms with Crippen LogP contribution in [0, 0.1) is 11.3 Å². The van der Waals surface area contributed by atoms with Crippen LogP contribution < -0.4 is 5.56 Å². The van der Waals surface area contributed by atoms with E-state index in [1.54, 1.807) is 42.5 Å². The number of aromatic nitrogens is 1. The van der Waals surface area contributed by atoms with Crippen molar-refractivity contribution < 1.29 is 5.11 Å². The molecule has 0 aliphatic carbocycles. The summed E-state index contributed by atoms with van der Waals surface area (Å²) >= 11 is 4.53. The maximum absolute atomic E-state index is 12.1. The molecule has 0 atom stereocenters. The summed E-state index contributed by atoms with van der Waals surface area (Å²) < 4.78 is 1.37. The summed E-state index contributed by atoms with van der Waals surface area (Å²) in [5.41, 5.74) is 0.0328. The third-order valence-electron chi connectivity index (χ3n) is 3.22. The smallest absolute Gasteiger partial charge is 0.279 e. The van der Waals surface area contributed by atoms with Gasteiger partial charge in [0.15, 0.2) is 0 Å².